The highest BCUT2D eigenvalue weighted by Crippen LogP contribution is 2.24. The van der Waals surface area contributed by atoms with Crippen molar-refractivity contribution in [3.05, 3.63) is 70.4 Å². The molecule has 0 unspecified atom stereocenters. The van der Waals surface area contributed by atoms with Gasteiger partial charge in [0, 0.05) is 12.7 Å². The molecule has 0 aliphatic rings. The van der Waals surface area contributed by atoms with Crippen LogP contribution in [0, 0.1) is 6.92 Å². The van der Waals surface area contributed by atoms with Crippen molar-refractivity contribution < 1.29 is 18.7 Å². The Kier molecular flexibility index (Phi) is 5.21. The van der Waals surface area contributed by atoms with E-state index in [-0.39, 0.29) is 12.4 Å². The number of benzene rings is 1. The summed E-state index contributed by atoms with van der Waals surface area (Å²) < 4.78 is 17.2. The molecule has 0 atom stereocenters. The molecular weight excluding hydrogens is 344 g/mol. The van der Waals surface area contributed by atoms with Crippen molar-refractivity contribution in [2.75, 3.05) is 7.11 Å². The summed E-state index contributed by atoms with van der Waals surface area (Å²) in [7, 11) is 1.55. The molecule has 7 heteroatoms. The molecule has 0 bridgehead atoms. The third-order valence-corrected chi connectivity index (χ3v) is 4.01. The molecule has 0 N–H and O–H groups in total. The first-order valence-electron chi connectivity index (χ1n) is 7.64. The lowest BCUT2D eigenvalue weighted by atomic mass is 10.3. The Morgan fingerprint density at radius 1 is 1.20 bits per heavy atom. The van der Waals surface area contributed by atoms with Crippen molar-refractivity contribution in [2.24, 2.45) is 0 Å². The van der Waals surface area contributed by atoms with Crippen molar-refractivity contribution >= 4 is 17.6 Å². The molecule has 130 valence electrons. The fourth-order valence-electron chi connectivity index (χ4n) is 2.35. The van der Waals surface area contributed by atoms with Gasteiger partial charge in [-0.1, -0.05) is 29.8 Å². The monoisotopic (exact) mass is 360 g/mol. The number of carbonyl (C=O) groups is 1. The largest absolute Gasteiger partial charge is 0.455 e. The lowest BCUT2D eigenvalue weighted by Crippen LogP contribution is -2.05. The Labute approximate surface area is 149 Å². The molecule has 3 rings (SSSR count). The first kappa shape index (κ1) is 17.3. The van der Waals surface area contributed by atoms with Crippen LogP contribution in [0.5, 0.6) is 0 Å². The average molecular weight is 361 g/mol. The van der Waals surface area contributed by atoms with Gasteiger partial charge in [-0.15, -0.1) is 0 Å². The van der Waals surface area contributed by atoms with E-state index in [9.17, 15) is 4.79 Å². The number of ether oxygens (including phenoxy) is 2. The second-order valence-electron chi connectivity index (χ2n) is 5.38. The molecule has 0 saturated carbocycles. The molecule has 2 aromatic heterocycles. The number of nitrogens with zero attached hydrogens (tertiary/aromatic N) is 2. The number of hydrogen-bond acceptors (Lipinski definition) is 5. The van der Waals surface area contributed by atoms with E-state index in [0.717, 1.165) is 5.69 Å². The maximum atomic E-state index is 12.1. The van der Waals surface area contributed by atoms with Crippen LogP contribution in [0.15, 0.2) is 46.9 Å². The zero-order valence-corrected chi connectivity index (χ0v) is 14.6. The van der Waals surface area contributed by atoms with Crippen LogP contribution in [0.4, 0.5) is 0 Å². The SMILES string of the molecule is COCc1ccc(C(=O)OCc2c(C)nn(-c3ccccc3)c2Cl)o1. The summed E-state index contributed by atoms with van der Waals surface area (Å²) in [5.74, 6) is 0.113. The molecule has 0 amide bonds. The third kappa shape index (κ3) is 3.75. The maximum absolute atomic E-state index is 12.1. The Morgan fingerprint density at radius 3 is 2.68 bits per heavy atom. The van der Waals surface area contributed by atoms with Crippen molar-refractivity contribution in [1.29, 1.82) is 0 Å². The predicted molar refractivity (Wildman–Crippen MR) is 91.9 cm³/mol. The zero-order chi connectivity index (χ0) is 17.8. The van der Waals surface area contributed by atoms with Crippen LogP contribution in [-0.2, 0) is 22.7 Å². The van der Waals surface area contributed by atoms with E-state index >= 15 is 0 Å². The van der Waals surface area contributed by atoms with Gasteiger partial charge >= 0.3 is 5.97 Å². The van der Waals surface area contributed by atoms with Gasteiger partial charge in [0.05, 0.1) is 11.4 Å². The molecule has 0 fully saturated rings. The summed E-state index contributed by atoms with van der Waals surface area (Å²) in [6.45, 7) is 2.12. The van der Waals surface area contributed by atoms with Gasteiger partial charge in [-0.2, -0.15) is 5.10 Å². The maximum Gasteiger partial charge on any atom is 0.374 e. The number of aromatic nitrogens is 2. The molecule has 0 aliphatic carbocycles. The van der Waals surface area contributed by atoms with Crippen molar-refractivity contribution in [3.63, 3.8) is 0 Å². The van der Waals surface area contributed by atoms with Gasteiger partial charge in [0.1, 0.15) is 24.1 Å². The Bertz CT molecular complexity index is 871. The number of rotatable bonds is 6. The smallest absolute Gasteiger partial charge is 0.374 e. The topological polar surface area (TPSA) is 66.5 Å². The van der Waals surface area contributed by atoms with Crippen LogP contribution in [0.25, 0.3) is 5.69 Å². The van der Waals surface area contributed by atoms with Gasteiger partial charge < -0.3 is 13.9 Å². The standard InChI is InChI=1S/C18H17ClN2O4/c1-12-15(17(19)21(20-12)13-6-4-3-5-7-13)11-24-18(22)16-9-8-14(25-16)10-23-2/h3-9H,10-11H2,1-2H3. The van der Waals surface area contributed by atoms with Crippen LogP contribution in [0.3, 0.4) is 0 Å². The van der Waals surface area contributed by atoms with E-state index in [1.807, 2.05) is 37.3 Å². The van der Waals surface area contributed by atoms with Crippen LogP contribution in [0.2, 0.25) is 5.15 Å². The number of aryl methyl sites for hydroxylation is 1. The van der Waals surface area contributed by atoms with Gasteiger partial charge in [0.25, 0.3) is 0 Å². The molecule has 1 aromatic carbocycles. The molecule has 0 spiro atoms. The van der Waals surface area contributed by atoms with E-state index < -0.39 is 5.97 Å². The fourth-order valence-corrected chi connectivity index (χ4v) is 2.68. The number of halogens is 1. The third-order valence-electron chi connectivity index (χ3n) is 3.62. The Hall–Kier alpha value is -2.57. The Morgan fingerprint density at radius 2 is 1.96 bits per heavy atom. The van der Waals surface area contributed by atoms with Crippen LogP contribution in [0.1, 0.15) is 27.6 Å². The molecule has 0 saturated heterocycles. The van der Waals surface area contributed by atoms with Crippen LogP contribution < -0.4 is 0 Å². The molecular formula is C18H17ClN2O4. The number of methoxy groups -OCH3 is 1. The van der Waals surface area contributed by atoms with E-state index in [4.69, 9.17) is 25.5 Å². The first-order valence-corrected chi connectivity index (χ1v) is 8.02. The van der Waals surface area contributed by atoms with Crippen LogP contribution >= 0.6 is 11.6 Å². The van der Waals surface area contributed by atoms with E-state index in [2.05, 4.69) is 5.10 Å². The quantitative estimate of drug-likeness (QED) is 0.623. The summed E-state index contributed by atoms with van der Waals surface area (Å²) in [6, 6.07) is 12.7. The van der Waals surface area contributed by atoms with Crippen molar-refractivity contribution in [2.45, 2.75) is 20.1 Å². The fraction of sp³-hybridized carbons (Fsp3) is 0.222. The number of carbonyl (C=O) groups excluding carboxylic acids is 1. The molecule has 2 heterocycles. The highest BCUT2D eigenvalue weighted by atomic mass is 35.5. The minimum atomic E-state index is -0.565. The number of esters is 1. The van der Waals surface area contributed by atoms with Crippen molar-refractivity contribution in [1.82, 2.24) is 9.78 Å². The van der Waals surface area contributed by atoms with Gasteiger partial charge in [-0.05, 0) is 31.2 Å². The van der Waals surface area contributed by atoms with Gasteiger partial charge in [0.15, 0.2) is 0 Å². The normalized spacial score (nSPS) is 10.8. The molecule has 0 radical (unpaired) electrons. The number of furan rings is 1. The highest BCUT2D eigenvalue weighted by Gasteiger charge is 2.18. The summed E-state index contributed by atoms with van der Waals surface area (Å²) >= 11 is 6.41. The van der Waals surface area contributed by atoms with Gasteiger partial charge in [0.2, 0.25) is 5.76 Å². The minimum absolute atomic E-state index is 0.0106. The summed E-state index contributed by atoms with van der Waals surface area (Å²) in [6.07, 6.45) is 0. The first-order chi connectivity index (χ1) is 12.1. The second-order valence-corrected chi connectivity index (χ2v) is 5.74. The molecule has 3 aromatic rings. The number of hydrogen-bond donors (Lipinski definition) is 0. The van der Waals surface area contributed by atoms with E-state index in [1.165, 1.54) is 0 Å². The van der Waals surface area contributed by atoms with Crippen molar-refractivity contribution in [3.8, 4) is 5.69 Å². The number of para-hydroxylation sites is 1. The highest BCUT2D eigenvalue weighted by molar-refractivity contribution is 6.30. The van der Waals surface area contributed by atoms with E-state index in [1.54, 1.807) is 23.9 Å². The van der Waals surface area contributed by atoms with Gasteiger partial charge in [-0.25, -0.2) is 9.48 Å². The summed E-state index contributed by atoms with van der Waals surface area (Å²) in [5.41, 5.74) is 2.19. The summed E-state index contributed by atoms with van der Waals surface area (Å²) in [4.78, 5) is 12.1. The Balaban J connectivity index is 1.73. The summed E-state index contributed by atoms with van der Waals surface area (Å²) in [5, 5.41) is 4.83. The lowest BCUT2D eigenvalue weighted by molar-refractivity contribution is 0.0429. The predicted octanol–water partition coefficient (Wildman–Crippen LogP) is 3.93. The van der Waals surface area contributed by atoms with Gasteiger partial charge in [-0.3, -0.25) is 0 Å². The van der Waals surface area contributed by atoms with E-state index in [0.29, 0.717) is 28.8 Å². The average Bonchev–Trinajstić information content (AvgIpc) is 3.19. The molecule has 0 aliphatic heterocycles. The second kappa shape index (κ2) is 7.55. The zero-order valence-electron chi connectivity index (χ0n) is 13.9. The molecule has 6 nitrogen and oxygen atoms in total. The minimum Gasteiger partial charge on any atom is -0.455 e. The van der Waals surface area contributed by atoms with Crippen LogP contribution in [-0.4, -0.2) is 22.9 Å². The molecule has 25 heavy (non-hydrogen) atoms. The lowest BCUT2D eigenvalue weighted by Gasteiger charge is -2.04.